The zero-order valence-corrected chi connectivity index (χ0v) is 9.80. The number of hydrogen-bond acceptors (Lipinski definition) is 4. The van der Waals surface area contributed by atoms with Gasteiger partial charge in [0.2, 0.25) is 0 Å². The van der Waals surface area contributed by atoms with Gasteiger partial charge in [0.1, 0.15) is 5.82 Å². The number of aryl methyl sites for hydroxylation is 1. The first-order valence-corrected chi connectivity index (χ1v) is 5.59. The summed E-state index contributed by atoms with van der Waals surface area (Å²) in [5, 5.41) is 4.39. The topological polar surface area (TPSA) is 46.3 Å². The van der Waals surface area contributed by atoms with E-state index in [-0.39, 0.29) is 0 Å². The second-order valence-corrected chi connectivity index (χ2v) is 4.60. The van der Waals surface area contributed by atoms with Crippen molar-refractivity contribution < 1.29 is 0 Å². The minimum absolute atomic E-state index is 0.548. The van der Waals surface area contributed by atoms with E-state index in [9.17, 15) is 0 Å². The van der Waals surface area contributed by atoms with Crippen molar-refractivity contribution in [2.45, 2.75) is 39.9 Å². The van der Waals surface area contributed by atoms with Gasteiger partial charge in [-0.3, -0.25) is 4.90 Å². The summed E-state index contributed by atoms with van der Waals surface area (Å²) in [5.41, 5.74) is 2.51. The van der Waals surface area contributed by atoms with Crippen molar-refractivity contribution in [1.82, 2.24) is 24.5 Å². The van der Waals surface area contributed by atoms with Gasteiger partial charge in [0.15, 0.2) is 0 Å². The number of rotatable bonds is 1. The molecule has 1 aliphatic heterocycles. The third-order valence-corrected chi connectivity index (χ3v) is 3.11. The molecule has 84 valence electrons. The van der Waals surface area contributed by atoms with Crippen molar-refractivity contribution in [2.75, 3.05) is 0 Å². The van der Waals surface area contributed by atoms with Gasteiger partial charge >= 0.3 is 0 Å². The quantitative estimate of drug-likeness (QED) is 0.719. The monoisotopic (exact) mass is 217 g/mol. The Morgan fingerprint density at radius 2 is 2.12 bits per heavy atom. The van der Waals surface area contributed by atoms with E-state index in [4.69, 9.17) is 0 Å². The third-order valence-electron chi connectivity index (χ3n) is 3.11. The highest BCUT2D eigenvalue weighted by atomic mass is 15.4. The Bertz CT molecular complexity index is 543. The zero-order chi connectivity index (χ0) is 11.3. The van der Waals surface area contributed by atoms with E-state index < -0.39 is 0 Å². The Labute approximate surface area is 94.1 Å². The molecule has 2 aromatic rings. The Morgan fingerprint density at radius 3 is 2.88 bits per heavy atom. The maximum atomic E-state index is 4.39. The van der Waals surface area contributed by atoms with Crippen molar-refractivity contribution in [3.8, 4) is 0 Å². The number of aromatic nitrogens is 4. The van der Waals surface area contributed by atoms with E-state index >= 15 is 0 Å². The van der Waals surface area contributed by atoms with Crippen LogP contribution in [0.15, 0.2) is 6.20 Å². The molecule has 0 fully saturated rings. The van der Waals surface area contributed by atoms with Crippen LogP contribution in [0.2, 0.25) is 0 Å². The van der Waals surface area contributed by atoms with E-state index in [0.717, 1.165) is 18.9 Å². The second-order valence-electron chi connectivity index (χ2n) is 4.60. The van der Waals surface area contributed by atoms with Gasteiger partial charge in [-0.1, -0.05) is 0 Å². The molecule has 5 nitrogen and oxygen atoms in total. The van der Waals surface area contributed by atoms with Crippen LogP contribution in [0.5, 0.6) is 0 Å². The van der Waals surface area contributed by atoms with E-state index in [2.05, 4.69) is 33.8 Å². The molecular formula is C11H15N5. The second kappa shape index (κ2) is 3.25. The molecule has 0 spiro atoms. The Morgan fingerprint density at radius 1 is 1.31 bits per heavy atom. The predicted molar refractivity (Wildman–Crippen MR) is 59.9 cm³/mol. The molecule has 3 rings (SSSR count). The van der Waals surface area contributed by atoms with E-state index in [1.54, 1.807) is 0 Å². The molecule has 0 saturated carbocycles. The number of fused-ring (bicyclic) bond motifs is 3. The van der Waals surface area contributed by atoms with Gasteiger partial charge in [0.05, 0.1) is 5.69 Å². The highest BCUT2D eigenvalue weighted by Crippen LogP contribution is 2.23. The molecule has 0 amide bonds. The smallest absolute Gasteiger partial charge is 0.252 e. The maximum absolute atomic E-state index is 4.39. The average molecular weight is 217 g/mol. The fourth-order valence-corrected chi connectivity index (χ4v) is 2.15. The van der Waals surface area contributed by atoms with Gasteiger partial charge in [-0.15, -0.1) is 5.10 Å². The Balaban J connectivity index is 2.13. The van der Waals surface area contributed by atoms with Crippen LogP contribution in [0.3, 0.4) is 0 Å². The fraction of sp³-hybridized carbons (Fsp3) is 0.545. The standard InChI is InChI=1S/C11H15N5/c1-7(2)15-5-9-4-12-11-13-8(3)14-16(11)10(9)6-15/h4,7H,5-6H2,1-3H3. The molecule has 0 unspecified atom stereocenters. The van der Waals surface area contributed by atoms with Crippen molar-refractivity contribution in [1.29, 1.82) is 0 Å². The minimum Gasteiger partial charge on any atom is -0.291 e. The van der Waals surface area contributed by atoms with Crippen molar-refractivity contribution in [3.63, 3.8) is 0 Å². The van der Waals surface area contributed by atoms with Crippen LogP contribution >= 0.6 is 0 Å². The van der Waals surface area contributed by atoms with Crippen LogP contribution in [-0.4, -0.2) is 30.5 Å². The lowest BCUT2D eigenvalue weighted by Gasteiger charge is -2.18. The molecule has 0 aliphatic carbocycles. The summed E-state index contributed by atoms with van der Waals surface area (Å²) in [5.74, 6) is 1.49. The van der Waals surface area contributed by atoms with Crippen LogP contribution in [-0.2, 0) is 13.1 Å². The summed E-state index contributed by atoms with van der Waals surface area (Å²) in [6.07, 6.45) is 1.93. The zero-order valence-electron chi connectivity index (χ0n) is 9.80. The highest BCUT2D eigenvalue weighted by molar-refractivity contribution is 5.34. The third kappa shape index (κ3) is 1.31. The lowest BCUT2D eigenvalue weighted by atomic mass is 10.3. The molecule has 0 atom stereocenters. The van der Waals surface area contributed by atoms with E-state index in [1.807, 2.05) is 17.6 Å². The van der Waals surface area contributed by atoms with E-state index in [0.29, 0.717) is 11.8 Å². The lowest BCUT2D eigenvalue weighted by Crippen LogP contribution is -2.24. The van der Waals surface area contributed by atoms with Crippen LogP contribution in [0.25, 0.3) is 5.78 Å². The lowest BCUT2D eigenvalue weighted by molar-refractivity contribution is 0.225. The minimum atomic E-state index is 0.548. The molecule has 2 aromatic heterocycles. The SMILES string of the molecule is Cc1nc2ncc3c(n2n1)CN(C(C)C)C3. The largest absolute Gasteiger partial charge is 0.291 e. The van der Waals surface area contributed by atoms with Crippen molar-refractivity contribution in [2.24, 2.45) is 0 Å². The fourth-order valence-electron chi connectivity index (χ4n) is 2.15. The van der Waals surface area contributed by atoms with Gasteiger partial charge in [0.25, 0.3) is 5.78 Å². The first-order chi connectivity index (χ1) is 7.65. The van der Waals surface area contributed by atoms with Crippen LogP contribution in [0.4, 0.5) is 0 Å². The van der Waals surface area contributed by atoms with Gasteiger partial charge in [-0.05, 0) is 20.8 Å². The molecular weight excluding hydrogens is 202 g/mol. The summed E-state index contributed by atoms with van der Waals surface area (Å²) in [6, 6.07) is 0.548. The molecule has 0 radical (unpaired) electrons. The summed E-state index contributed by atoms with van der Waals surface area (Å²) in [7, 11) is 0. The summed E-state index contributed by atoms with van der Waals surface area (Å²) in [4.78, 5) is 11.0. The van der Waals surface area contributed by atoms with Crippen molar-refractivity contribution >= 4 is 5.78 Å². The molecule has 5 heteroatoms. The van der Waals surface area contributed by atoms with Gasteiger partial charge in [-0.25, -0.2) is 4.98 Å². The summed E-state index contributed by atoms with van der Waals surface area (Å²) < 4.78 is 1.88. The molecule has 1 aliphatic rings. The summed E-state index contributed by atoms with van der Waals surface area (Å²) in [6.45, 7) is 8.23. The highest BCUT2D eigenvalue weighted by Gasteiger charge is 2.24. The molecule has 0 N–H and O–H groups in total. The molecule has 3 heterocycles. The molecule has 0 aromatic carbocycles. The Hall–Kier alpha value is -1.49. The van der Waals surface area contributed by atoms with Crippen LogP contribution in [0, 0.1) is 6.92 Å². The average Bonchev–Trinajstić information content (AvgIpc) is 2.77. The van der Waals surface area contributed by atoms with Gasteiger partial charge in [0, 0.05) is 30.9 Å². The number of hydrogen-bond donors (Lipinski definition) is 0. The molecule has 0 saturated heterocycles. The Kier molecular flexibility index (Phi) is 1.97. The molecule has 0 bridgehead atoms. The predicted octanol–water partition coefficient (Wildman–Crippen LogP) is 1.16. The van der Waals surface area contributed by atoms with E-state index in [1.165, 1.54) is 11.3 Å². The first-order valence-electron chi connectivity index (χ1n) is 5.59. The number of nitrogens with zero attached hydrogens (tertiary/aromatic N) is 5. The van der Waals surface area contributed by atoms with Gasteiger partial charge < -0.3 is 0 Å². The van der Waals surface area contributed by atoms with Gasteiger partial charge in [-0.2, -0.15) is 9.50 Å². The van der Waals surface area contributed by atoms with Crippen molar-refractivity contribution in [3.05, 3.63) is 23.3 Å². The summed E-state index contributed by atoms with van der Waals surface area (Å²) >= 11 is 0. The normalized spacial score (nSPS) is 16.2. The first kappa shape index (κ1) is 9.72. The van der Waals surface area contributed by atoms with Crippen LogP contribution < -0.4 is 0 Å². The van der Waals surface area contributed by atoms with Crippen LogP contribution in [0.1, 0.15) is 30.9 Å². The molecule has 16 heavy (non-hydrogen) atoms. The maximum Gasteiger partial charge on any atom is 0.252 e.